The summed E-state index contributed by atoms with van der Waals surface area (Å²) in [5, 5.41) is 0.977. The van der Waals surface area contributed by atoms with Crippen LogP contribution in [0.1, 0.15) is 50.6 Å². The number of unbranched alkanes of at least 4 members (excludes halogenated alkanes) is 1. The van der Waals surface area contributed by atoms with Gasteiger partial charge in [0.25, 0.3) is 0 Å². The number of benzene rings is 2. The number of nitrogens with zero attached hydrogens (tertiary/aromatic N) is 1. The molecule has 3 aromatic rings. The van der Waals surface area contributed by atoms with Crippen molar-refractivity contribution >= 4 is 39.0 Å². The fourth-order valence-electron chi connectivity index (χ4n) is 3.27. The van der Waals surface area contributed by atoms with Crippen molar-refractivity contribution in [3.05, 3.63) is 69.7 Å². The van der Waals surface area contributed by atoms with Gasteiger partial charge in [0.1, 0.15) is 12.0 Å². The van der Waals surface area contributed by atoms with Gasteiger partial charge in [-0.25, -0.2) is 8.42 Å². The van der Waals surface area contributed by atoms with Gasteiger partial charge in [0.15, 0.2) is 18.2 Å². The lowest BCUT2D eigenvalue weighted by atomic mass is 9.78. The number of ether oxygens (including phenoxy) is 2. The van der Waals surface area contributed by atoms with E-state index in [1.54, 1.807) is 0 Å². The van der Waals surface area contributed by atoms with Gasteiger partial charge in [-0.3, -0.25) is 4.72 Å². The molecule has 0 saturated heterocycles. The van der Waals surface area contributed by atoms with Gasteiger partial charge in [-0.2, -0.15) is 4.98 Å². The van der Waals surface area contributed by atoms with Gasteiger partial charge >= 0.3 is 0 Å². The molecule has 184 valence electrons. The van der Waals surface area contributed by atoms with E-state index in [-0.39, 0.29) is 23.7 Å². The Balaban J connectivity index is 1.68. The molecule has 10 heteroatoms. The summed E-state index contributed by atoms with van der Waals surface area (Å²) in [6.07, 6.45) is 4.23. The van der Waals surface area contributed by atoms with Crippen molar-refractivity contribution in [3.63, 3.8) is 0 Å². The van der Waals surface area contributed by atoms with E-state index in [9.17, 15) is 8.42 Å². The Hall–Kier alpha value is -2.42. The Labute approximate surface area is 210 Å². The molecular weight excluding hydrogens is 499 g/mol. The molecular formula is C24H28Cl2N2O5S. The highest BCUT2D eigenvalue weighted by atomic mass is 35.5. The van der Waals surface area contributed by atoms with Crippen LogP contribution in [-0.2, 0) is 22.0 Å². The molecule has 34 heavy (non-hydrogen) atoms. The van der Waals surface area contributed by atoms with E-state index >= 15 is 0 Å². The lowest BCUT2D eigenvalue weighted by Gasteiger charge is -2.27. The molecule has 0 bridgehead atoms. The number of hydrogen-bond donors (Lipinski definition) is 1. The molecule has 0 atom stereocenters. The number of oxazole rings is 1. The molecule has 0 spiro atoms. The minimum absolute atomic E-state index is 0.0545. The normalized spacial score (nSPS) is 11.9. The van der Waals surface area contributed by atoms with Gasteiger partial charge in [-0.15, -0.1) is 0 Å². The summed E-state index contributed by atoms with van der Waals surface area (Å²) in [5.41, 5.74) is 1.63. The fraction of sp³-hybridized carbons (Fsp3) is 0.375. The summed E-state index contributed by atoms with van der Waals surface area (Å²) in [6.45, 7) is 6.90. The average Bonchev–Trinajstić information content (AvgIpc) is 3.20. The van der Waals surface area contributed by atoms with Gasteiger partial charge < -0.3 is 13.9 Å². The third kappa shape index (κ3) is 6.81. The van der Waals surface area contributed by atoms with Crippen molar-refractivity contribution < 1.29 is 22.3 Å². The second kappa shape index (κ2) is 10.9. The molecule has 7 nitrogen and oxygen atoms in total. The Kier molecular flexibility index (Phi) is 8.38. The highest BCUT2D eigenvalue weighted by Crippen LogP contribution is 2.40. The van der Waals surface area contributed by atoms with E-state index in [2.05, 4.69) is 30.5 Å². The first kappa shape index (κ1) is 26.2. The summed E-state index contributed by atoms with van der Waals surface area (Å²) < 4.78 is 41.5. The first-order valence-electron chi connectivity index (χ1n) is 10.8. The van der Waals surface area contributed by atoms with Crippen molar-refractivity contribution in [2.24, 2.45) is 0 Å². The van der Waals surface area contributed by atoms with E-state index in [1.807, 2.05) is 36.4 Å². The van der Waals surface area contributed by atoms with Crippen LogP contribution in [0.2, 0.25) is 10.0 Å². The molecule has 0 aliphatic carbocycles. The van der Waals surface area contributed by atoms with E-state index in [0.717, 1.165) is 30.2 Å². The van der Waals surface area contributed by atoms with Crippen LogP contribution in [0.15, 0.2) is 47.1 Å². The Morgan fingerprint density at radius 2 is 1.71 bits per heavy atom. The van der Waals surface area contributed by atoms with E-state index in [1.165, 1.54) is 6.26 Å². The average molecular weight is 527 g/mol. The number of rotatable bonds is 11. The van der Waals surface area contributed by atoms with Gasteiger partial charge in [0.05, 0.1) is 22.9 Å². The Morgan fingerprint density at radius 1 is 1.06 bits per heavy atom. The molecule has 1 N–H and O–H groups in total. The van der Waals surface area contributed by atoms with Crippen molar-refractivity contribution in [1.82, 2.24) is 4.98 Å². The maximum absolute atomic E-state index is 11.3. The summed E-state index contributed by atoms with van der Waals surface area (Å²) in [4.78, 5) is 4.04. The molecule has 2 aromatic carbocycles. The zero-order valence-electron chi connectivity index (χ0n) is 19.5. The van der Waals surface area contributed by atoms with Gasteiger partial charge in [0, 0.05) is 5.41 Å². The number of hydrogen-bond acceptors (Lipinski definition) is 6. The maximum atomic E-state index is 11.3. The monoisotopic (exact) mass is 526 g/mol. The van der Waals surface area contributed by atoms with Crippen molar-refractivity contribution in [3.8, 4) is 11.5 Å². The Morgan fingerprint density at radius 3 is 2.29 bits per heavy atom. The largest absolute Gasteiger partial charge is 0.490 e. The van der Waals surface area contributed by atoms with Crippen molar-refractivity contribution in [2.75, 3.05) is 17.6 Å². The molecule has 3 rings (SSSR count). The molecule has 0 aliphatic rings. The quantitative estimate of drug-likeness (QED) is 0.289. The molecule has 0 saturated carbocycles. The van der Waals surface area contributed by atoms with E-state index < -0.39 is 10.0 Å². The maximum Gasteiger partial charge on any atom is 0.234 e. The summed E-state index contributed by atoms with van der Waals surface area (Å²) >= 11 is 13.0. The van der Waals surface area contributed by atoms with Crippen LogP contribution in [0.5, 0.6) is 11.5 Å². The zero-order chi connectivity index (χ0) is 24.9. The number of halogens is 2. The van der Waals surface area contributed by atoms with E-state index in [4.69, 9.17) is 37.1 Å². The van der Waals surface area contributed by atoms with Gasteiger partial charge in [-0.1, -0.05) is 62.5 Å². The molecule has 0 radical (unpaired) electrons. The molecule has 1 heterocycles. The standard InChI is InChI=1S/C24H28Cl2N2O5S/c1-5-6-11-31-23-19(25)12-17(13-20(23)26)24(2,3)16-7-9-18(10-8-16)32-15-22-27-21(14-33-22)28-34(4,29)30/h7-10,12-14,28H,5-6,11,15H2,1-4H3. The predicted molar refractivity (Wildman–Crippen MR) is 135 cm³/mol. The molecule has 0 unspecified atom stereocenters. The predicted octanol–water partition coefficient (Wildman–Crippen LogP) is 6.44. The first-order valence-corrected chi connectivity index (χ1v) is 13.4. The topological polar surface area (TPSA) is 90.7 Å². The highest BCUT2D eigenvalue weighted by molar-refractivity contribution is 7.92. The molecule has 0 fully saturated rings. The highest BCUT2D eigenvalue weighted by Gasteiger charge is 2.25. The van der Waals surface area contributed by atoms with Crippen LogP contribution in [0.4, 0.5) is 5.82 Å². The minimum atomic E-state index is -3.42. The fourth-order valence-corrected chi connectivity index (χ4v) is 4.34. The van der Waals surface area contributed by atoms with Crippen LogP contribution >= 0.6 is 23.2 Å². The molecule has 1 aromatic heterocycles. The lowest BCUT2D eigenvalue weighted by Crippen LogP contribution is -2.19. The van der Waals surface area contributed by atoms with Crippen LogP contribution < -0.4 is 14.2 Å². The summed E-state index contributed by atoms with van der Waals surface area (Å²) in [7, 11) is -3.42. The van der Waals surface area contributed by atoms with Crippen LogP contribution in [0, 0.1) is 0 Å². The van der Waals surface area contributed by atoms with Crippen LogP contribution in [0.25, 0.3) is 0 Å². The third-order valence-corrected chi connectivity index (χ3v) is 6.39. The summed E-state index contributed by atoms with van der Waals surface area (Å²) in [5.74, 6) is 1.49. The van der Waals surface area contributed by atoms with Crippen molar-refractivity contribution in [2.45, 2.75) is 45.6 Å². The number of aromatic nitrogens is 1. The zero-order valence-corrected chi connectivity index (χ0v) is 21.9. The van der Waals surface area contributed by atoms with Crippen molar-refractivity contribution in [1.29, 1.82) is 0 Å². The lowest BCUT2D eigenvalue weighted by molar-refractivity contribution is 0.263. The number of nitrogens with one attached hydrogen (secondary N) is 1. The van der Waals surface area contributed by atoms with Gasteiger partial charge in [-0.05, 0) is 41.8 Å². The van der Waals surface area contributed by atoms with Crippen LogP contribution in [0.3, 0.4) is 0 Å². The van der Waals surface area contributed by atoms with Crippen LogP contribution in [-0.4, -0.2) is 26.3 Å². The summed E-state index contributed by atoms with van der Waals surface area (Å²) in [6, 6.07) is 11.4. The first-order chi connectivity index (χ1) is 16.0. The minimum Gasteiger partial charge on any atom is -0.490 e. The SMILES string of the molecule is CCCCOc1c(Cl)cc(C(C)(C)c2ccc(OCc3nc(NS(C)(=O)=O)co3)cc2)cc1Cl. The molecule has 0 amide bonds. The number of sulfonamides is 1. The van der Waals surface area contributed by atoms with Gasteiger partial charge in [0.2, 0.25) is 15.9 Å². The second-order valence-corrected chi connectivity index (χ2v) is 11.0. The number of anilines is 1. The Bertz CT molecular complexity index is 1200. The smallest absolute Gasteiger partial charge is 0.234 e. The second-order valence-electron chi connectivity index (χ2n) is 8.41. The van der Waals surface area contributed by atoms with E-state index in [0.29, 0.717) is 28.2 Å². The third-order valence-electron chi connectivity index (χ3n) is 5.24. The molecule has 0 aliphatic heterocycles.